The number of hydrogen-bond donors (Lipinski definition) is 1. The van der Waals surface area contributed by atoms with Gasteiger partial charge in [0.05, 0.1) is 17.2 Å². The van der Waals surface area contributed by atoms with Crippen molar-refractivity contribution in [3.63, 3.8) is 0 Å². The molecule has 1 atom stereocenters. The van der Waals surface area contributed by atoms with Gasteiger partial charge in [-0.15, -0.1) is 0 Å². The van der Waals surface area contributed by atoms with E-state index in [1.165, 1.54) is 24.3 Å². The van der Waals surface area contributed by atoms with Crippen LogP contribution in [0.1, 0.15) is 37.9 Å². The molecule has 1 heterocycles. The number of benzene rings is 3. The molecule has 1 N–H and O–H groups in total. The maximum Gasteiger partial charge on any atom is 0.339 e. The predicted octanol–water partition coefficient (Wildman–Crippen LogP) is 4.82. The topological polar surface area (TPSA) is 82.9 Å². The smallest absolute Gasteiger partial charge is 0.339 e. The van der Waals surface area contributed by atoms with Crippen LogP contribution in [0.2, 0.25) is 0 Å². The minimum absolute atomic E-state index is 0.275. The van der Waals surface area contributed by atoms with E-state index in [2.05, 4.69) is 4.98 Å². The third-order valence-electron chi connectivity index (χ3n) is 4.67. The van der Waals surface area contributed by atoms with Crippen LogP contribution in [0.15, 0.2) is 85.1 Å². The van der Waals surface area contributed by atoms with Crippen LogP contribution in [-0.4, -0.2) is 16.7 Å². The van der Waals surface area contributed by atoms with Crippen LogP contribution in [0.25, 0.3) is 10.9 Å². The second kappa shape index (κ2) is 7.83. The van der Waals surface area contributed by atoms with Gasteiger partial charge in [-0.05, 0) is 30.3 Å². The highest BCUT2D eigenvalue weighted by atomic mass is 16.5. The highest BCUT2D eigenvalue weighted by Crippen LogP contribution is 2.28. The Balaban J connectivity index is 1.69. The number of fused-ring (bicyclic) bond motifs is 1. The summed E-state index contributed by atoms with van der Waals surface area (Å²) in [5.74, 6) is -0.938. The van der Waals surface area contributed by atoms with E-state index in [4.69, 9.17) is 10.00 Å². The molecule has 0 aliphatic rings. The number of para-hydroxylation sites is 1. The van der Waals surface area contributed by atoms with Crippen LogP contribution in [-0.2, 0) is 4.74 Å². The van der Waals surface area contributed by atoms with Gasteiger partial charge in [0.1, 0.15) is 0 Å². The molecular weight excluding hydrogens is 364 g/mol. The number of ketones is 1. The molecule has 0 aliphatic carbocycles. The summed E-state index contributed by atoms with van der Waals surface area (Å²) in [7, 11) is 0. The van der Waals surface area contributed by atoms with Gasteiger partial charge in [-0.1, -0.05) is 48.5 Å². The molecule has 29 heavy (non-hydrogen) atoms. The zero-order valence-corrected chi connectivity index (χ0v) is 15.3. The monoisotopic (exact) mass is 380 g/mol. The number of carbonyl (C=O) groups excluding carboxylic acids is 2. The number of ether oxygens (including phenoxy) is 1. The van der Waals surface area contributed by atoms with E-state index < -0.39 is 12.1 Å². The van der Waals surface area contributed by atoms with Crippen LogP contribution in [0.4, 0.5) is 0 Å². The van der Waals surface area contributed by atoms with Crippen molar-refractivity contribution in [3.8, 4) is 6.07 Å². The first kappa shape index (κ1) is 18.2. The van der Waals surface area contributed by atoms with Gasteiger partial charge >= 0.3 is 5.97 Å². The normalized spacial score (nSPS) is 11.6. The fourth-order valence-electron chi connectivity index (χ4n) is 3.17. The molecule has 0 saturated heterocycles. The summed E-state index contributed by atoms with van der Waals surface area (Å²) in [6.07, 6.45) is 0.553. The highest BCUT2D eigenvalue weighted by molar-refractivity contribution is 6.11. The van der Waals surface area contributed by atoms with Gasteiger partial charge in [-0.25, -0.2) is 4.79 Å². The summed E-state index contributed by atoms with van der Waals surface area (Å²) < 4.78 is 5.65. The van der Waals surface area contributed by atoms with Crippen LogP contribution >= 0.6 is 0 Å². The van der Waals surface area contributed by atoms with Crippen molar-refractivity contribution in [2.75, 3.05) is 0 Å². The van der Waals surface area contributed by atoms with E-state index in [1.807, 2.05) is 36.4 Å². The van der Waals surface area contributed by atoms with Gasteiger partial charge in [0.2, 0.25) is 5.78 Å². The number of esters is 1. The first-order valence-electron chi connectivity index (χ1n) is 9.04. The molecule has 3 aromatic carbocycles. The van der Waals surface area contributed by atoms with Crippen molar-refractivity contribution in [1.82, 2.24) is 4.98 Å². The minimum atomic E-state index is -1.08. The largest absolute Gasteiger partial charge is 0.445 e. The van der Waals surface area contributed by atoms with Crippen molar-refractivity contribution in [3.05, 3.63) is 107 Å². The van der Waals surface area contributed by atoms with E-state index in [0.717, 1.165) is 10.9 Å². The molecule has 140 valence electrons. The lowest BCUT2D eigenvalue weighted by Gasteiger charge is -2.17. The van der Waals surface area contributed by atoms with Crippen LogP contribution < -0.4 is 0 Å². The number of Topliss-reactive ketones (excluding diaryl/α,β-unsaturated/α-hetero) is 1. The van der Waals surface area contributed by atoms with Gasteiger partial charge in [0.15, 0.2) is 6.10 Å². The molecule has 0 unspecified atom stereocenters. The van der Waals surface area contributed by atoms with Crippen molar-refractivity contribution in [2.45, 2.75) is 6.10 Å². The van der Waals surface area contributed by atoms with E-state index >= 15 is 0 Å². The molecule has 0 radical (unpaired) electrons. The molecule has 5 nitrogen and oxygen atoms in total. The van der Waals surface area contributed by atoms with Crippen LogP contribution in [0.3, 0.4) is 0 Å². The number of nitrogens with one attached hydrogen (secondary N) is 1. The molecule has 0 bridgehead atoms. The predicted molar refractivity (Wildman–Crippen MR) is 108 cm³/mol. The first-order valence-corrected chi connectivity index (χ1v) is 9.04. The molecule has 4 rings (SSSR count). The maximum atomic E-state index is 13.3. The third-order valence-corrected chi connectivity index (χ3v) is 4.67. The fraction of sp³-hybridized carbons (Fsp3) is 0.0417. The Morgan fingerprint density at radius 2 is 1.59 bits per heavy atom. The van der Waals surface area contributed by atoms with E-state index in [0.29, 0.717) is 16.7 Å². The van der Waals surface area contributed by atoms with Gasteiger partial charge in [-0.2, -0.15) is 5.26 Å². The molecule has 0 aliphatic heterocycles. The van der Waals surface area contributed by atoms with Crippen molar-refractivity contribution in [1.29, 1.82) is 5.26 Å². The number of nitrogens with zero attached hydrogens (tertiary/aromatic N) is 1. The molecule has 0 amide bonds. The minimum Gasteiger partial charge on any atom is -0.445 e. The Labute approximate surface area is 167 Å². The lowest BCUT2D eigenvalue weighted by atomic mass is 9.99. The van der Waals surface area contributed by atoms with E-state index in [9.17, 15) is 9.59 Å². The average Bonchev–Trinajstić information content (AvgIpc) is 3.22. The summed E-state index contributed by atoms with van der Waals surface area (Å²) in [6, 6.07) is 24.5. The number of aromatic nitrogens is 1. The Bertz CT molecular complexity index is 1220. The number of nitriles is 1. The van der Waals surface area contributed by atoms with Crippen LogP contribution in [0.5, 0.6) is 0 Å². The van der Waals surface area contributed by atoms with Crippen molar-refractivity contribution in [2.24, 2.45) is 0 Å². The lowest BCUT2D eigenvalue weighted by Crippen LogP contribution is -2.20. The third kappa shape index (κ3) is 3.64. The SMILES string of the molecule is N#Cc1ccc(C(=O)O[C@H](C(=O)c2c[nH]c3ccccc23)c2ccccc2)cc1. The molecule has 1 aromatic heterocycles. The fourth-order valence-corrected chi connectivity index (χ4v) is 3.17. The molecular formula is C24H16N2O3. The Hall–Kier alpha value is -4.17. The zero-order chi connectivity index (χ0) is 20.2. The van der Waals surface area contributed by atoms with E-state index in [-0.39, 0.29) is 11.3 Å². The van der Waals surface area contributed by atoms with Crippen molar-refractivity contribution < 1.29 is 14.3 Å². The second-order valence-corrected chi connectivity index (χ2v) is 6.50. The number of H-pyrrole nitrogens is 1. The number of aromatic amines is 1. The maximum absolute atomic E-state index is 13.3. The molecule has 0 saturated carbocycles. The molecule has 4 aromatic rings. The van der Waals surface area contributed by atoms with Gasteiger partial charge in [0.25, 0.3) is 0 Å². The number of hydrogen-bond acceptors (Lipinski definition) is 4. The summed E-state index contributed by atoms with van der Waals surface area (Å²) >= 11 is 0. The van der Waals surface area contributed by atoms with Gasteiger partial charge in [-0.3, -0.25) is 4.79 Å². The van der Waals surface area contributed by atoms with Gasteiger partial charge in [0, 0.05) is 28.2 Å². The second-order valence-electron chi connectivity index (χ2n) is 6.50. The average molecular weight is 380 g/mol. The number of rotatable bonds is 5. The Kier molecular flexibility index (Phi) is 4.91. The standard InChI is InChI=1S/C24H16N2O3/c25-14-16-10-12-18(13-11-16)24(28)29-23(17-6-2-1-3-7-17)22(27)20-15-26-21-9-5-4-8-19(20)21/h1-13,15,23,26H/t23-/m0/s1. The quantitative estimate of drug-likeness (QED) is 0.397. The summed E-state index contributed by atoms with van der Waals surface area (Å²) in [5.41, 5.74) is 2.60. The summed E-state index contributed by atoms with van der Waals surface area (Å²) in [4.78, 5) is 29.1. The zero-order valence-electron chi connectivity index (χ0n) is 15.3. The van der Waals surface area contributed by atoms with Crippen LogP contribution in [0, 0.1) is 11.3 Å². The first-order chi connectivity index (χ1) is 14.2. The molecule has 5 heteroatoms. The molecule has 0 fully saturated rings. The number of carbonyl (C=O) groups is 2. The highest BCUT2D eigenvalue weighted by Gasteiger charge is 2.28. The van der Waals surface area contributed by atoms with Crippen molar-refractivity contribution >= 4 is 22.7 Å². The lowest BCUT2D eigenvalue weighted by molar-refractivity contribution is 0.0280. The van der Waals surface area contributed by atoms with E-state index in [1.54, 1.807) is 30.5 Å². The Morgan fingerprint density at radius 1 is 0.897 bits per heavy atom. The summed E-state index contributed by atoms with van der Waals surface area (Å²) in [5, 5.41) is 9.68. The molecule has 0 spiro atoms. The summed E-state index contributed by atoms with van der Waals surface area (Å²) in [6.45, 7) is 0. The Morgan fingerprint density at radius 3 is 2.31 bits per heavy atom. The van der Waals surface area contributed by atoms with Gasteiger partial charge < -0.3 is 9.72 Å².